The third-order valence-corrected chi connectivity index (χ3v) is 2.95. The second-order valence-corrected chi connectivity index (χ2v) is 4.18. The highest BCUT2D eigenvalue weighted by atomic mass is 16.5. The van der Waals surface area contributed by atoms with Crippen LogP contribution in [0.4, 0.5) is 0 Å². The zero-order chi connectivity index (χ0) is 10.8. The quantitative estimate of drug-likeness (QED) is 0.824. The Morgan fingerprint density at radius 2 is 2.27 bits per heavy atom. The highest BCUT2D eigenvalue weighted by Gasteiger charge is 2.22. The lowest BCUT2D eigenvalue weighted by Crippen LogP contribution is -2.14. The van der Waals surface area contributed by atoms with Gasteiger partial charge in [-0.1, -0.05) is 12.1 Å². The van der Waals surface area contributed by atoms with E-state index in [1.807, 2.05) is 0 Å². The molecule has 1 atom stereocenters. The van der Waals surface area contributed by atoms with Crippen molar-refractivity contribution < 1.29 is 14.4 Å². The summed E-state index contributed by atoms with van der Waals surface area (Å²) >= 11 is 0. The SMILES string of the molecule is CC(Cc1noc2c1CCCC2)C(=O)O. The monoisotopic (exact) mass is 209 g/mol. The fourth-order valence-electron chi connectivity index (χ4n) is 1.99. The molecule has 0 spiro atoms. The molecule has 1 heterocycles. The van der Waals surface area contributed by atoms with Crippen LogP contribution in [0.5, 0.6) is 0 Å². The number of nitrogens with zero attached hydrogens (tertiary/aromatic N) is 1. The fourth-order valence-corrected chi connectivity index (χ4v) is 1.99. The van der Waals surface area contributed by atoms with Crippen LogP contribution in [0, 0.1) is 5.92 Å². The van der Waals surface area contributed by atoms with E-state index < -0.39 is 5.97 Å². The molecule has 4 nitrogen and oxygen atoms in total. The van der Waals surface area contributed by atoms with E-state index in [1.165, 1.54) is 0 Å². The van der Waals surface area contributed by atoms with Gasteiger partial charge in [-0.3, -0.25) is 4.79 Å². The van der Waals surface area contributed by atoms with Gasteiger partial charge in [-0.25, -0.2) is 0 Å². The van der Waals surface area contributed by atoms with Crippen LogP contribution < -0.4 is 0 Å². The molecule has 0 aromatic carbocycles. The lowest BCUT2D eigenvalue weighted by atomic mass is 9.93. The van der Waals surface area contributed by atoms with Crippen molar-refractivity contribution in [1.82, 2.24) is 5.16 Å². The van der Waals surface area contributed by atoms with Crippen LogP contribution >= 0.6 is 0 Å². The summed E-state index contributed by atoms with van der Waals surface area (Å²) in [4.78, 5) is 10.7. The Morgan fingerprint density at radius 1 is 1.53 bits per heavy atom. The number of rotatable bonds is 3. The standard InChI is InChI=1S/C11H15NO3/c1-7(11(13)14)6-9-8-4-2-3-5-10(8)15-12-9/h7H,2-6H2,1H3,(H,13,14). The summed E-state index contributed by atoms with van der Waals surface area (Å²) < 4.78 is 5.22. The van der Waals surface area contributed by atoms with Crippen LogP contribution in [0.15, 0.2) is 4.52 Å². The molecule has 1 N–H and O–H groups in total. The van der Waals surface area contributed by atoms with Crippen LogP contribution in [-0.2, 0) is 24.1 Å². The van der Waals surface area contributed by atoms with E-state index in [0.29, 0.717) is 6.42 Å². The van der Waals surface area contributed by atoms with Gasteiger partial charge in [-0.05, 0) is 19.3 Å². The summed E-state index contributed by atoms with van der Waals surface area (Å²) in [5.74, 6) is -0.197. The molecule has 0 amide bonds. The molecular formula is C11H15NO3. The average Bonchev–Trinajstić information content (AvgIpc) is 2.62. The first-order valence-corrected chi connectivity index (χ1v) is 5.37. The Bertz CT molecular complexity index is 370. The molecule has 0 aliphatic heterocycles. The maximum Gasteiger partial charge on any atom is 0.306 e. The molecular weight excluding hydrogens is 194 g/mol. The molecule has 0 fully saturated rings. The molecule has 82 valence electrons. The largest absolute Gasteiger partial charge is 0.481 e. The molecule has 0 saturated heterocycles. The first kappa shape index (κ1) is 10.2. The van der Waals surface area contributed by atoms with E-state index >= 15 is 0 Å². The second-order valence-electron chi connectivity index (χ2n) is 4.18. The molecule has 1 unspecified atom stereocenters. The van der Waals surface area contributed by atoms with Crippen molar-refractivity contribution in [3.63, 3.8) is 0 Å². The Labute approximate surface area is 88.3 Å². The van der Waals surface area contributed by atoms with Gasteiger partial charge >= 0.3 is 5.97 Å². The molecule has 0 radical (unpaired) electrons. The van der Waals surface area contributed by atoms with Crippen molar-refractivity contribution in [2.45, 2.75) is 39.0 Å². The summed E-state index contributed by atoms with van der Waals surface area (Å²) in [5, 5.41) is 12.8. The van der Waals surface area contributed by atoms with Crippen molar-refractivity contribution in [2.75, 3.05) is 0 Å². The number of carboxylic acid groups (broad SMARTS) is 1. The number of carbonyl (C=O) groups is 1. The van der Waals surface area contributed by atoms with Crippen molar-refractivity contribution >= 4 is 5.97 Å². The van der Waals surface area contributed by atoms with E-state index in [1.54, 1.807) is 6.92 Å². The minimum absolute atomic E-state index is 0.388. The molecule has 1 aliphatic rings. The van der Waals surface area contributed by atoms with Gasteiger partial charge in [0.2, 0.25) is 0 Å². The topological polar surface area (TPSA) is 63.3 Å². The van der Waals surface area contributed by atoms with E-state index in [-0.39, 0.29) is 5.92 Å². The maximum absolute atomic E-state index is 10.7. The summed E-state index contributed by atoms with van der Waals surface area (Å²) in [7, 11) is 0. The number of aromatic nitrogens is 1. The van der Waals surface area contributed by atoms with Crippen LogP contribution in [0.3, 0.4) is 0 Å². The normalized spacial score (nSPS) is 17.1. The molecule has 15 heavy (non-hydrogen) atoms. The van der Waals surface area contributed by atoms with E-state index in [2.05, 4.69) is 5.16 Å². The van der Waals surface area contributed by atoms with Crippen LogP contribution in [-0.4, -0.2) is 16.2 Å². The summed E-state index contributed by atoms with van der Waals surface area (Å²) in [6.45, 7) is 1.70. The van der Waals surface area contributed by atoms with Gasteiger partial charge in [-0.15, -0.1) is 0 Å². The van der Waals surface area contributed by atoms with E-state index in [4.69, 9.17) is 9.63 Å². The summed E-state index contributed by atoms with van der Waals surface area (Å²) in [5.41, 5.74) is 2.01. The Morgan fingerprint density at radius 3 is 3.00 bits per heavy atom. The lowest BCUT2D eigenvalue weighted by Gasteiger charge is -2.10. The van der Waals surface area contributed by atoms with Crippen molar-refractivity contribution in [3.8, 4) is 0 Å². The third-order valence-electron chi connectivity index (χ3n) is 2.95. The van der Waals surface area contributed by atoms with Gasteiger partial charge in [0.25, 0.3) is 0 Å². The molecule has 1 aromatic heterocycles. The number of aryl methyl sites for hydroxylation is 1. The van der Waals surface area contributed by atoms with Gasteiger partial charge < -0.3 is 9.63 Å². The lowest BCUT2D eigenvalue weighted by molar-refractivity contribution is -0.141. The van der Waals surface area contributed by atoms with E-state index in [0.717, 1.165) is 42.7 Å². The average molecular weight is 209 g/mol. The molecule has 4 heteroatoms. The van der Waals surface area contributed by atoms with Gasteiger partial charge in [0.05, 0.1) is 11.6 Å². The third kappa shape index (κ3) is 2.03. The number of hydrogen-bond acceptors (Lipinski definition) is 3. The Kier molecular flexibility index (Phi) is 2.75. The first-order chi connectivity index (χ1) is 7.18. The van der Waals surface area contributed by atoms with E-state index in [9.17, 15) is 4.79 Å². The van der Waals surface area contributed by atoms with Gasteiger partial charge in [0.1, 0.15) is 5.76 Å². The van der Waals surface area contributed by atoms with Gasteiger partial charge in [0.15, 0.2) is 0 Å². The minimum Gasteiger partial charge on any atom is -0.481 e. The Hall–Kier alpha value is -1.32. The molecule has 0 bridgehead atoms. The maximum atomic E-state index is 10.7. The van der Waals surface area contributed by atoms with Gasteiger partial charge in [0, 0.05) is 18.4 Å². The van der Waals surface area contributed by atoms with Crippen molar-refractivity contribution in [1.29, 1.82) is 0 Å². The van der Waals surface area contributed by atoms with Crippen LogP contribution in [0.2, 0.25) is 0 Å². The highest BCUT2D eigenvalue weighted by molar-refractivity contribution is 5.69. The summed E-state index contributed by atoms with van der Waals surface area (Å²) in [6.07, 6.45) is 4.72. The second kappa shape index (κ2) is 4.04. The van der Waals surface area contributed by atoms with Crippen LogP contribution in [0.25, 0.3) is 0 Å². The highest BCUT2D eigenvalue weighted by Crippen LogP contribution is 2.25. The van der Waals surface area contributed by atoms with Gasteiger partial charge in [-0.2, -0.15) is 0 Å². The summed E-state index contributed by atoms with van der Waals surface area (Å²) in [6, 6.07) is 0. The van der Waals surface area contributed by atoms with Crippen molar-refractivity contribution in [2.24, 2.45) is 5.92 Å². The van der Waals surface area contributed by atoms with Crippen LogP contribution in [0.1, 0.15) is 36.8 Å². The number of hydrogen-bond donors (Lipinski definition) is 1. The molecule has 1 aliphatic carbocycles. The van der Waals surface area contributed by atoms with Crippen molar-refractivity contribution in [3.05, 3.63) is 17.0 Å². The Balaban J connectivity index is 2.15. The predicted molar refractivity (Wildman–Crippen MR) is 53.6 cm³/mol. The smallest absolute Gasteiger partial charge is 0.306 e. The molecule has 2 rings (SSSR count). The number of fused-ring (bicyclic) bond motifs is 1. The zero-order valence-corrected chi connectivity index (χ0v) is 8.82. The number of carboxylic acids is 1. The molecule has 0 saturated carbocycles. The predicted octanol–water partition coefficient (Wildman–Crippen LogP) is 1.82. The fraction of sp³-hybridized carbons (Fsp3) is 0.636. The number of aliphatic carboxylic acids is 1. The molecule has 1 aromatic rings. The minimum atomic E-state index is -0.775. The first-order valence-electron chi connectivity index (χ1n) is 5.37. The zero-order valence-electron chi connectivity index (χ0n) is 8.82.